The molecule has 0 unspecified atom stereocenters. The van der Waals surface area contributed by atoms with Crippen molar-refractivity contribution in [3.05, 3.63) is 33.1 Å². The van der Waals surface area contributed by atoms with E-state index in [-0.39, 0.29) is 6.61 Å². The summed E-state index contributed by atoms with van der Waals surface area (Å²) in [6.45, 7) is -0.0424. The average Bonchev–Trinajstić information content (AvgIpc) is 2.52. The van der Waals surface area contributed by atoms with Gasteiger partial charge in [-0.3, -0.25) is 0 Å². The zero-order valence-corrected chi connectivity index (χ0v) is 9.52. The molecular weight excluding hydrogens is 262 g/mol. The number of fused-ring (bicyclic) bond motifs is 1. The first-order valence-electron chi connectivity index (χ1n) is 3.98. The Labute approximate surface area is 93.5 Å². The predicted molar refractivity (Wildman–Crippen MR) is 60.2 cm³/mol. The third-order valence-electron chi connectivity index (χ3n) is 2.04. The van der Waals surface area contributed by atoms with Gasteiger partial charge in [0.05, 0.1) is 22.0 Å². The van der Waals surface area contributed by atoms with Gasteiger partial charge in [0.2, 0.25) is 0 Å². The van der Waals surface area contributed by atoms with E-state index >= 15 is 0 Å². The number of thiophene rings is 1. The Hall–Kier alpha value is -0.890. The van der Waals surface area contributed by atoms with Crippen molar-refractivity contribution >= 4 is 37.4 Å². The molecule has 14 heavy (non-hydrogen) atoms. The first-order valence-corrected chi connectivity index (χ1v) is 5.59. The van der Waals surface area contributed by atoms with Gasteiger partial charge in [0, 0.05) is 15.6 Å². The Balaban J connectivity index is 2.91. The van der Waals surface area contributed by atoms with Crippen LogP contribution in [0.15, 0.2) is 22.0 Å². The van der Waals surface area contributed by atoms with E-state index in [1.54, 1.807) is 6.07 Å². The number of rotatable bonds is 1. The molecule has 0 amide bonds. The minimum absolute atomic E-state index is 0.0424. The smallest absolute Gasteiger partial charge is 0.0998 e. The normalized spacial score (nSPS) is 10.4. The molecule has 0 radical (unpaired) electrons. The largest absolute Gasteiger partial charge is 0.392 e. The number of aliphatic hydroxyl groups is 1. The molecule has 2 rings (SSSR count). The topological polar surface area (TPSA) is 44.0 Å². The maximum Gasteiger partial charge on any atom is 0.0998 e. The summed E-state index contributed by atoms with van der Waals surface area (Å²) in [7, 11) is 0. The molecule has 1 heterocycles. The molecule has 0 saturated heterocycles. The Morgan fingerprint density at radius 1 is 1.50 bits per heavy atom. The SMILES string of the molecule is N#Cc1cccc2sc(Br)c(CO)c12. The molecule has 1 N–H and O–H groups in total. The summed E-state index contributed by atoms with van der Waals surface area (Å²) in [6.07, 6.45) is 0. The molecule has 1 aromatic carbocycles. The molecule has 0 atom stereocenters. The summed E-state index contributed by atoms with van der Waals surface area (Å²) < 4.78 is 1.93. The van der Waals surface area contributed by atoms with Crippen molar-refractivity contribution in [2.45, 2.75) is 6.61 Å². The maximum absolute atomic E-state index is 9.19. The first kappa shape index (κ1) is 9.66. The van der Waals surface area contributed by atoms with Crippen LogP contribution < -0.4 is 0 Å². The monoisotopic (exact) mass is 267 g/mol. The van der Waals surface area contributed by atoms with Gasteiger partial charge in [-0.2, -0.15) is 5.26 Å². The zero-order chi connectivity index (χ0) is 10.1. The second-order valence-corrected chi connectivity index (χ2v) is 5.17. The third-order valence-corrected chi connectivity index (χ3v) is 3.99. The van der Waals surface area contributed by atoms with E-state index in [2.05, 4.69) is 22.0 Å². The number of nitrogens with zero attached hydrogens (tertiary/aromatic N) is 1. The van der Waals surface area contributed by atoms with Crippen LogP contribution in [0.1, 0.15) is 11.1 Å². The lowest BCUT2D eigenvalue weighted by Gasteiger charge is -1.96. The molecule has 0 aliphatic rings. The van der Waals surface area contributed by atoms with Crippen molar-refractivity contribution in [1.29, 1.82) is 5.26 Å². The third kappa shape index (κ3) is 1.34. The van der Waals surface area contributed by atoms with E-state index in [1.807, 2.05) is 12.1 Å². The summed E-state index contributed by atoms with van der Waals surface area (Å²) in [5.41, 5.74) is 1.43. The van der Waals surface area contributed by atoms with Gasteiger partial charge in [0.15, 0.2) is 0 Å². The molecular formula is C10H6BrNOS. The van der Waals surface area contributed by atoms with E-state index in [9.17, 15) is 5.11 Å². The molecule has 2 aromatic rings. The van der Waals surface area contributed by atoms with Crippen molar-refractivity contribution in [2.24, 2.45) is 0 Å². The summed E-state index contributed by atoms with van der Waals surface area (Å²) in [6, 6.07) is 7.70. The Morgan fingerprint density at radius 3 is 2.93 bits per heavy atom. The molecule has 0 aliphatic heterocycles. The standard InChI is InChI=1S/C10H6BrNOS/c11-10-7(5-13)9-6(4-12)2-1-3-8(9)14-10/h1-3,13H,5H2. The van der Waals surface area contributed by atoms with E-state index in [4.69, 9.17) is 5.26 Å². The molecule has 0 bridgehead atoms. The lowest BCUT2D eigenvalue weighted by Crippen LogP contribution is -1.83. The second-order valence-electron chi connectivity index (χ2n) is 2.80. The summed E-state index contributed by atoms with van der Waals surface area (Å²) in [5.74, 6) is 0. The fourth-order valence-electron chi connectivity index (χ4n) is 1.42. The fraction of sp³-hybridized carbons (Fsp3) is 0.100. The van der Waals surface area contributed by atoms with Gasteiger partial charge in [-0.15, -0.1) is 11.3 Å². The predicted octanol–water partition coefficient (Wildman–Crippen LogP) is 3.03. The van der Waals surface area contributed by atoms with Crippen LogP contribution in [-0.4, -0.2) is 5.11 Å². The summed E-state index contributed by atoms with van der Waals surface area (Å²) in [5, 5.41) is 19.0. The molecule has 2 nitrogen and oxygen atoms in total. The van der Waals surface area contributed by atoms with Crippen LogP contribution in [0.3, 0.4) is 0 Å². The Bertz CT molecular complexity index is 527. The van der Waals surface area contributed by atoms with Crippen LogP contribution in [0.5, 0.6) is 0 Å². The minimum atomic E-state index is -0.0424. The van der Waals surface area contributed by atoms with Gasteiger partial charge in [-0.25, -0.2) is 0 Å². The van der Waals surface area contributed by atoms with E-state index in [0.29, 0.717) is 5.56 Å². The number of aliphatic hydroxyl groups excluding tert-OH is 1. The van der Waals surface area contributed by atoms with Gasteiger partial charge < -0.3 is 5.11 Å². The van der Waals surface area contributed by atoms with Crippen molar-refractivity contribution < 1.29 is 5.11 Å². The second kappa shape index (κ2) is 3.70. The molecule has 0 spiro atoms. The van der Waals surface area contributed by atoms with Crippen molar-refractivity contribution in [3.63, 3.8) is 0 Å². The Kier molecular flexibility index (Phi) is 2.55. The van der Waals surface area contributed by atoms with Crippen molar-refractivity contribution in [2.75, 3.05) is 0 Å². The van der Waals surface area contributed by atoms with Crippen LogP contribution in [-0.2, 0) is 6.61 Å². The molecule has 0 fully saturated rings. The molecule has 1 aromatic heterocycles. The van der Waals surface area contributed by atoms with Gasteiger partial charge >= 0.3 is 0 Å². The first-order chi connectivity index (χ1) is 6.77. The Morgan fingerprint density at radius 2 is 2.29 bits per heavy atom. The molecule has 0 saturated carbocycles. The van der Waals surface area contributed by atoms with Gasteiger partial charge in [0.25, 0.3) is 0 Å². The number of benzene rings is 1. The van der Waals surface area contributed by atoms with E-state index in [0.717, 1.165) is 19.4 Å². The van der Waals surface area contributed by atoms with E-state index in [1.165, 1.54) is 11.3 Å². The highest BCUT2D eigenvalue weighted by Crippen LogP contribution is 2.36. The van der Waals surface area contributed by atoms with Crippen LogP contribution in [0, 0.1) is 11.3 Å². The highest BCUT2D eigenvalue weighted by molar-refractivity contribution is 9.11. The van der Waals surface area contributed by atoms with Crippen molar-refractivity contribution in [3.8, 4) is 6.07 Å². The van der Waals surface area contributed by atoms with Gasteiger partial charge in [-0.1, -0.05) is 6.07 Å². The lowest BCUT2D eigenvalue weighted by atomic mass is 10.1. The van der Waals surface area contributed by atoms with Crippen LogP contribution >= 0.6 is 27.3 Å². The summed E-state index contributed by atoms with van der Waals surface area (Å²) in [4.78, 5) is 0. The van der Waals surface area contributed by atoms with Gasteiger partial charge in [0.1, 0.15) is 0 Å². The zero-order valence-electron chi connectivity index (χ0n) is 7.12. The van der Waals surface area contributed by atoms with Crippen LogP contribution in [0.4, 0.5) is 0 Å². The van der Waals surface area contributed by atoms with Gasteiger partial charge in [-0.05, 0) is 28.1 Å². The van der Waals surface area contributed by atoms with E-state index < -0.39 is 0 Å². The number of hydrogen-bond acceptors (Lipinski definition) is 3. The average molecular weight is 268 g/mol. The lowest BCUT2D eigenvalue weighted by molar-refractivity contribution is 0.283. The van der Waals surface area contributed by atoms with Crippen molar-refractivity contribution in [1.82, 2.24) is 0 Å². The quantitative estimate of drug-likeness (QED) is 0.863. The van der Waals surface area contributed by atoms with Crippen LogP contribution in [0.25, 0.3) is 10.1 Å². The summed E-state index contributed by atoms with van der Waals surface area (Å²) >= 11 is 4.92. The molecule has 0 aliphatic carbocycles. The minimum Gasteiger partial charge on any atom is -0.392 e. The number of hydrogen-bond donors (Lipinski definition) is 1. The van der Waals surface area contributed by atoms with Crippen LogP contribution in [0.2, 0.25) is 0 Å². The maximum atomic E-state index is 9.19. The number of halogens is 1. The highest BCUT2D eigenvalue weighted by atomic mass is 79.9. The highest BCUT2D eigenvalue weighted by Gasteiger charge is 2.12. The fourth-order valence-corrected chi connectivity index (χ4v) is 3.23. The molecule has 70 valence electrons. The number of nitriles is 1. The molecule has 4 heteroatoms.